The molecule has 7 nitrogen and oxygen atoms in total. The molecule has 0 unspecified atom stereocenters. The Bertz CT molecular complexity index is 893. The standard InChI is InChI=1S/C23H27N3O4/c1-3-13-25(16-21(27)24-19-11-6-7-12-20(19)30-2)14-8-15-26-22(28)17-9-4-5-10-18(17)23(26)29/h4-7,9-12H,3,8,13-16H2,1-2H3,(H,24,27). The van der Waals surface area contributed by atoms with Gasteiger partial charge in [-0.2, -0.15) is 0 Å². The molecule has 1 heterocycles. The van der Waals surface area contributed by atoms with Crippen molar-refractivity contribution >= 4 is 23.4 Å². The van der Waals surface area contributed by atoms with E-state index in [9.17, 15) is 14.4 Å². The van der Waals surface area contributed by atoms with Crippen LogP contribution in [0.4, 0.5) is 5.69 Å². The van der Waals surface area contributed by atoms with Crippen molar-refractivity contribution in [3.8, 4) is 5.75 Å². The summed E-state index contributed by atoms with van der Waals surface area (Å²) in [7, 11) is 1.56. The fourth-order valence-corrected chi connectivity index (χ4v) is 3.62. The van der Waals surface area contributed by atoms with Gasteiger partial charge in [-0.25, -0.2) is 0 Å². The van der Waals surface area contributed by atoms with Gasteiger partial charge in [0.15, 0.2) is 0 Å². The largest absolute Gasteiger partial charge is 0.495 e. The summed E-state index contributed by atoms with van der Waals surface area (Å²) in [5.74, 6) is -0.00897. The molecule has 1 aliphatic rings. The molecule has 0 atom stereocenters. The van der Waals surface area contributed by atoms with Crippen LogP contribution < -0.4 is 10.1 Å². The lowest BCUT2D eigenvalue weighted by Gasteiger charge is -2.22. The Morgan fingerprint density at radius 3 is 2.27 bits per heavy atom. The highest BCUT2D eigenvalue weighted by molar-refractivity contribution is 6.21. The Kier molecular flexibility index (Phi) is 7.19. The number of fused-ring (bicyclic) bond motifs is 1. The van der Waals surface area contributed by atoms with Crippen molar-refractivity contribution in [3.63, 3.8) is 0 Å². The maximum atomic E-state index is 12.5. The highest BCUT2D eigenvalue weighted by Gasteiger charge is 2.34. The number of hydrogen-bond donors (Lipinski definition) is 1. The number of anilines is 1. The highest BCUT2D eigenvalue weighted by atomic mass is 16.5. The number of amides is 3. The summed E-state index contributed by atoms with van der Waals surface area (Å²) >= 11 is 0. The third-order valence-corrected chi connectivity index (χ3v) is 5.02. The van der Waals surface area contributed by atoms with E-state index in [4.69, 9.17) is 4.74 Å². The van der Waals surface area contributed by atoms with E-state index in [0.29, 0.717) is 42.1 Å². The molecule has 0 spiro atoms. The molecule has 158 valence electrons. The van der Waals surface area contributed by atoms with Crippen LogP contribution in [-0.2, 0) is 4.79 Å². The van der Waals surface area contributed by atoms with Crippen molar-refractivity contribution in [2.45, 2.75) is 19.8 Å². The number of carbonyl (C=O) groups is 3. The second-order valence-electron chi connectivity index (χ2n) is 7.19. The number of nitrogens with one attached hydrogen (secondary N) is 1. The molecule has 0 fully saturated rings. The molecule has 2 aromatic rings. The molecule has 0 aromatic heterocycles. The van der Waals surface area contributed by atoms with E-state index in [-0.39, 0.29) is 24.3 Å². The lowest BCUT2D eigenvalue weighted by Crippen LogP contribution is -2.37. The van der Waals surface area contributed by atoms with Gasteiger partial charge in [-0.05, 0) is 43.7 Å². The summed E-state index contributed by atoms with van der Waals surface area (Å²) in [6, 6.07) is 14.2. The first-order chi connectivity index (χ1) is 14.5. The topological polar surface area (TPSA) is 79.0 Å². The molecule has 1 N–H and O–H groups in total. The van der Waals surface area contributed by atoms with E-state index in [1.165, 1.54) is 4.90 Å². The zero-order valence-corrected chi connectivity index (χ0v) is 17.4. The molecule has 0 aliphatic carbocycles. The van der Waals surface area contributed by atoms with E-state index >= 15 is 0 Å². The Hall–Kier alpha value is -3.19. The van der Waals surface area contributed by atoms with Gasteiger partial charge in [-0.1, -0.05) is 31.2 Å². The number of benzene rings is 2. The van der Waals surface area contributed by atoms with Gasteiger partial charge in [0.25, 0.3) is 11.8 Å². The van der Waals surface area contributed by atoms with Crippen LogP contribution in [0.3, 0.4) is 0 Å². The number of carbonyl (C=O) groups excluding carboxylic acids is 3. The second kappa shape index (κ2) is 10.0. The average Bonchev–Trinajstić information content (AvgIpc) is 2.99. The lowest BCUT2D eigenvalue weighted by molar-refractivity contribution is -0.117. The molecule has 0 saturated carbocycles. The highest BCUT2D eigenvalue weighted by Crippen LogP contribution is 2.23. The quantitative estimate of drug-likeness (QED) is 0.610. The third kappa shape index (κ3) is 4.86. The molecule has 0 radical (unpaired) electrons. The summed E-state index contributed by atoms with van der Waals surface area (Å²) in [5, 5.41) is 2.88. The van der Waals surface area contributed by atoms with Crippen molar-refractivity contribution < 1.29 is 19.1 Å². The molecule has 1 aliphatic heterocycles. The SMILES string of the molecule is CCCN(CCCN1C(=O)c2ccccc2C1=O)CC(=O)Nc1ccccc1OC. The van der Waals surface area contributed by atoms with Crippen molar-refractivity contribution in [1.82, 2.24) is 9.80 Å². The summed E-state index contributed by atoms with van der Waals surface area (Å²) < 4.78 is 5.27. The molecule has 0 bridgehead atoms. The van der Waals surface area contributed by atoms with Gasteiger partial charge in [0.1, 0.15) is 5.75 Å². The first kappa shape index (κ1) is 21.5. The number of para-hydroxylation sites is 2. The zero-order chi connectivity index (χ0) is 21.5. The molecular weight excluding hydrogens is 382 g/mol. The Balaban J connectivity index is 1.53. The average molecular weight is 409 g/mol. The fraction of sp³-hybridized carbons (Fsp3) is 0.348. The van der Waals surface area contributed by atoms with Gasteiger partial charge in [-0.15, -0.1) is 0 Å². The van der Waals surface area contributed by atoms with Gasteiger partial charge >= 0.3 is 0 Å². The minimum absolute atomic E-state index is 0.131. The van der Waals surface area contributed by atoms with Gasteiger partial charge < -0.3 is 10.1 Å². The van der Waals surface area contributed by atoms with Gasteiger partial charge in [0.05, 0.1) is 30.5 Å². The molecule has 0 saturated heterocycles. The molecule has 30 heavy (non-hydrogen) atoms. The predicted molar refractivity (Wildman–Crippen MR) is 115 cm³/mol. The second-order valence-corrected chi connectivity index (χ2v) is 7.19. The number of rotatable bonds is 10. The van der Waals surface area contributed by atoms with Crippen LogP contribution >= 0.6 is 0 Å². The van der Waals surface area contributed by atoms with E-state index in [1.54, 1.807) is 43.5 Å². The van der Waals surface area contributed by atoms with Crippen LogP contribution in [0.25, 0.3) is 0 Å². The van der Waals surface area contributed by atoms with E-state index in [0.717, 1.165) is 13.0 Å². The van der Waals surface area contributed by atoms with Crippen LogP contribution in [-0.4, -0.2) is 60.8 Å². The van der Waals surface area contributed by atoms with Crippen LogP contribution in [0.5, 0.6) is 5.75 Å². The summed E-state index contributed by atoms with van der Waals surface area (Å²) in [4.78, 5) is 40.8. The van der Waals surface area contributed by atoms with Crippen LogP contribution in [0.1, 0.15) is 40.5 Å². The van der Waals surface area contributed by atoms with Crippen LogP contribution in [0.15, 0.2) is 48.5 Å². The Morgan fingerprint density at radius 1 is 1.00 bits per heavy atom. The normalized spacial score (nSPS) is 13.0. The summed E-state index contributed by atoms with van der Waals surface area (Å²) in [5.41, 5.74) is 1.56. The number of methoxy groups -OCH3 is 1. The minimum Gasteiger partial charge on any atom is -0.495 e. The van der Waals surface area contributed by atoms with E-state index < -0.39 is 0 Å². The number of nitrogens with zero attached hydrogens (tertiary/aromatic N) is 2. The number of imide groups is 1. The van der Waals surface area contributed by atoms with Crippen molar-refractivity contribution in [1.29, 1.82) is 0 Å². The Labute approximate surface area is 176 Å². The maximum absolute atomic E-state index is 12.5. The number of ether oxygens (including phenoxy) is 1. The molecule has 3 rings (SSSR count). The van der Waals surface area contributed by atoms with Crippen LogP contribution in [0, 0.1) is 0 Å². The molecule has 7 heteroatoms. The zero-order valence-electron chi connectivity index (χ0n) is 17.4. The fourth-order valence-electron chi connectivity index (χ4n) is 3.62. The summed E-state index contributed by atoms with van der Waals surface area (Å²) in [6.45, 7) is 3.98. The van der Waals surface area contributed by atoms with Gasteiger partial charge in [-0.3, -0.25) is 24.2 Å². The third-order valence-electron chi connectivity index (χ3n) is 5.02. The van der Waals surface area contributed by atoms with E-state index in [2.05, 4.69) is 12.2 Å². The van der Waals surface area contributed by atoms with Gasteiger partial charge in [0, 0.05) is 13.1 Å². The predicted octanol–water partition coefficient (Wildman–Crippen LogP) is 3.03. The number of hydrogen-bond acceptors (Lipinski definition) is 5. The minimum atomic E-state index is -0.244. The Morgan fingerprint density at radius 2 is 1.63 bits per heavy atom. The smallest absolute Gasteiger partial charge is 0.261 e. The maximum Gasteiger partial charge on any atom is 0.261 e. The molecular formula is C23H27N3O4. The van der Waals surface area contributed by atoms with E-state index in [1.807, 2.05) is 17.0 Å². The summed E-state index contributed by atoms with van der Waals surface area (Å²) in [6.07, 6.45) is 1.50. The molecule has 2 aromatic carbocycles. The van der Waals surface area contributed by atoms with Crippen LogP contribution in [0.2, 0.25) is 0 Å². The first-order valence-corrected chi connectivity index (χ1v) is 10.2. The van der Waals surface area contributed by atoms with Gasteiger partial charge in [0.2, 0.25) is 5.91 Å². The van der Waals surface area contributed by atoms with Crippen molar-refractivity contribution in [2.24, 2.45) is 0 Å². The van der Waals surface area contributed by atoms with Crippen molar-refractivity contribution in [2.75, 3.05) is 38.6 Å². The lowest BCUT2D eigenvalue weighted by atomic mass is 10.1. The first-order valence-electron chi connectivity index (χ1n) is 10.2. The molecule has 3 amide bonds. The van der Waals surface area contributed by atoms with Crippen molar-refractivity contribution in [3.05, 3.63) is 59.7 Å². The monoisotopic (exact) mass is 409 g/mol.